The van der Waals surface area contributed by atoms with E-state index in [9.17, 15) is 13.2 Å². The minimum atomic E-state index is -4.07. The summed E-state index contributed by atoms with van der Waals surface area (Å²) in [5.74, 6) is -0.373. The van der Waals surface area contributed by atoms with E-state index in [2.05, 4.69) is 0 Å². The van der Waals surface area contributed by atoms with E-state index in [1.165, 1.54) is 0 Å². The largest absolute Gasteiger partial charge is 0.497 e. The highest BCUT2D eigenvalue weighted by Crippen LogP contribution is 2.41. The average molecular weight is 301 g/mol. The van der Waals surface area contributed by atoms with Gasteiger partial charge in [-0.25, -0.2) is 0 Å². The lowest BCUT2D eigenvalue weighted by molar-refractivity contribution is -0.184. The lowest BCUT2D eigenvalue weighted by Crippen LogP contribution is -2.45. The molecule has 0 aromatic heterocycles. The highest BCUT2D eigenvalue weighted by molar-refractivity contribution is 5.27. The van der Waals surface area contributed by atoms with Gasteiger partial charge in [0.2, 0.25) is 0 Å². The zero-order valence-corrected chi connectivity index (χ0v) is 12.2. The highest BCUT2D eigenvalue weighted by Gasteiger charge is 2.44. The minimum absolute atomic E-state index is 0.155. The average Bonchev–Trinajstić information content (AvgIpc) is 2.45. The second-order valence-corrected chi connectivity index (χ2v) is 6.03. The molecule has 0 spiro atoms. The van der Waals surface area contributed by atoms with Crippen molar-refractivity contribution in [2.75, 3.05) is 7.11 Å². The maximum atomic E-state index is 12.7. The van der Waals surface area contributed by atoms with Crippen LogP contribution in [0, 0.1) is 5.92 Å². The van der Waals surface area contributed by atoms with Gasteiger partial charge in [-0.1, -0.05) is 12.1 Å². The molecule has 0 amide bonds. The maximum absolute atomic E-state index is 12.7. The van der Waals surface area contributed by atoms with Crippen molar-refractivity contribution in [1.82, 2.24) is 0 Å². The lowest BCUT2D eigenvalue weighted by atomic mass is 9.74. The van der Waals surface area contributed by atoms with Crippen molar-refractivity contribution < 1.29 is 17.9 Å². The number of hydrogen-bond acceptors (Lipinski definition) is 2. The zero-order valence-electron chi connectivity index (χ0n) is 12.2. The second-order valence-electron chi connectivity index (χ2n) is 6.03. The molecule has 0 radical (unpaired) electrons. The predicted molar refractivity (Wildman–Crippen MR) is 76.2 cm³/mol. The van der Waals surface area contributed by atoms with Gasteiger partial charge in [0.1, 0.15) is 5.75 Å². The predicted octanol–water partition coefficient (Wildman–Crippen LogP) is 4.08. The smallest absolute Gasteiger partial charge is 0.391 e. The Morgan fingerprint density at radius 1 is 1.19 bits per heavy atom. The van der Waals surface area contributed by atoms with Crippen LogP contribution >= 0.6 is 0 Å². The summed E-state index contributed by atoms with van der Waals surface area (Å²) in [7, 11) is 1.61. The van der Waals surface area contributed by atoms with Gasteiger partial charge in [0.05, 0.1) is 13.0 Å². The van der Waals surface area contributed by atoms with Crippen LogP contribution < -0.4 is 10.5 Å². The van der Waals surface area contributed by atoms with E-state index >= 15 is 0 Å². The summed E-state index contributed by atoms with van der Waals surface area (Å²) in [5, 5.41) is 0. The summed E-state index contributed by atoms with van der Waals surface area (Å²) in [6.45, 7) is 0. The van der Waals surface area contributed by atoms with Crippen LogP contribution in [0.25, 0.3) is 0 Å². The fourth-order valence-electron chi connectivity index (χ4n) is 2.96. The van der Waals surface area contributed by atoms with Gasteiger partial charge in [-0.05, 0) is 56.2 Å². The summed E-state index contributed by atoms with van der Waals surface area (Å²) < 4.78 is 43.1. The zero-order chi connectivity index (χ0) is 15.5. The molecule has 0 saturated heterocycles. The van der Waals surface area contributed by atoms with E-state index in [1.807, 2.05) is 24.3 Å². The molecule has 118 valence electrons. The summed E-state index contributed by atoms with van der Waals surface area (Å²) in [5.41, 5.74) is 6.96. The van der Waals surface area contributed by atoms with Crippen molar-refractivity contribution in [2.24, 2.45) is 11.7 Å². The number of benzene rings is 1. The lowest BCUT2D eigenvalue weighted by Gasteiger charge is -2.38. The van der Waals surface area contributed by atoms with Crippen LogP contribution in [-0.2, 0) is 6.42 Å². The summed E-state index contributed by atoms with van der Waals surface area (Å²) in [6.07, 6.45) is -1.34. The number of ether oxygens (including phenoxy) is 1. The number of alkyl halides is 3. The quantitative estimate of drug-likeness (QED) is 0.909. The Bertz CT molecular complexity index is 448. The van der Waals surface area contributed by atoms with Crippen molar-refractivity contribution in [3.05, 3.63) is 29.8 Å². The molecule has 5 heteroatoms. The van der Waals surface area contributed by atoms with Crippen LogP contribution in [0.15, 0.2) is 24.3 Å². The summed E-state index contributed by atoms with van der Waals surface area (Å²) >= 11 is 0. The van der Waals surface area contributed by atoms with Crippen LogP contribution in [-0.4, -0.2) is 18.8 Å². The number of rotatable bonds is 4. The van der Waals surface area contributed by atoms with E-state index < -0.39 is 17.6 Å². The minimum Gasteiger partial charge on any atom is -0.497 e. The van der Waals surface area contributed by atoms with E-state index in [0.29, 0.717) is 12.8 Å². The first-order valence-electron chi connectivity index (χ1n) is 7.31. The highest BCUT2D eigenvalue weighted by atomic mass is 19.4. The topological polar surface area (TPSA) is 35.2 Å². The van der Waals surface area contributed by atoms with Gasteiger partial charge in [0.25, 0.3) is 0 Å². The molecule has 1 saturated carbocycles. The number of halogens is 3. The number of nitrogens with two attached hydrogens (primary N) is 1. The molecular formula is C16H22F3NO. The molecule has 0 atom stereocenters. The molecule has 1 aromatic rings. The molecule has 0 heterocycles. The molecule has 2 nitrogen and oxygen atoms in total. The number of methoxy groups -OCH3 is 1. The Morgan fingerprint density at radius 3 is 2.24 bits per heavy atom. The fourth-order valence-corrected chi connectivity index (χ4v) is 2.96. The molecular weight excluding hydrogens is 279 g/mol. The third-order valence-electron chi connectivity index (χ3n) is 4.51. The molecule has 0 bridgehead atoms. The molecule has 2 rings (SSSR count). The molecule has 2 N–H and O–H groups in total. The standard InChI is InChI=1S/C16H22F3NO/c1-21-14-4-2-12(3-5-14)6-9-15(20)10-7-13(8-11-15)16(17,18)19/h2-5,13H,6-11,20H2,1H3. The molecule has 21 heavy (non-hydrogen) atoms. The summed E-state index contributed by atoms with van der Waals surface area (Å²) in [4.78, 5) is 0. The van der Waals surface area contributed by atoms with Crippen molar-refractivity contribution in [3.63, 3.8) is 0 Å². The van der Waals surface area contributed by atoms with Gasteiger partial charge >= 0.3 is 6.18 Å². The first kappa shape index (κ1) is 16.1. The Morgan fingerprint density at radius 2 is 1.76 bits per heavy atom. The van der Waals surface area contributed by atoms with Gasteiger partial charge in [0, 0.05) is 5.54 Å². The van der Waals surface area contributed by atoms with Crippen molar-refractivity contribution in [2.45, 2.75) is 50.2 Å². The normalized spacial score (nSPS) is 26.6. The maximum Gasteiger partial charge on any atom is 0.391 e. The second kappa shape index (κ2) is 6.26. The first-order chi connectivity index (χ1) is 9.82. The van der Waals surface area contributed by atoms with Crippen LogP contribution in [0.4, 0.5) is 13.2 Å². The first-order valence-corrected chi connectivity index (χ1v) is 7.31. The van der Waals surface area contributed by atoms with Crippen molar-refractivity contribution >= 4 is 0 Å². The molecule has 0 unspecified atom stereocenters. The third-order valence-corrected chi connectivity index (χ3v) is 4.51. The van der Waals surface area contributed by atoms with Gasteiger partial charge in [-0.3, -0.25) is 0 Å². The molecule has 0 aliphatic heterocycles. The van der Waals surface area contributed by atoms with E-state index in [-0.39, 0.29) is 12.8 Å². The Balaban J connectivity index is 1.85. The van der Waals surface area contributed by atoms with E-state index in [0.717, 1.165) is 24.2 Å². The van der Waals surface area contributed by atoms with Gasteiger partial charge < -0.3 is 10.5 Å². The molecule has 1 aromatic carbocycles. The van der Waals surface area contributed by atoms with Crippen LogP contribution in [0.5, 0.6) is 5.75 Å². The fraction of sp³-hybridized carbons (Fsp3) is 0.625. The van der Waals surface area contributed by atoms with Crippen LogP contribution in [0.3, 0.4) is 0 Å². The molecule has 1 aliphatic rings. The van der Waals surface area contributed by atoms with E-state index in [1.54, 1.807) is 7.11 Å². The Kier molecular flexibility index (Phi) is 4.81. The van der Waals surface area contributed by atoms with Gasteiger partial charge in [-0.2, -0.15) is 13.2 Å². The van der Waals surface area contributed by atoms with Crippen LogP contribution in [0.1, 0.15) is 37.7 Å². The van der Waals surface area contributed by atoms with Crippen molar-refractivity contribution in [3.8, 4) is 5.75 Å². The Labute approximate surface area is 123 Å². The van der Waals surface area contributed by atoms with Crippen LogP contribution in [0.2, 0.25) is 0 Å². The third kappa shape index (κ3) is 4.37. The molecule has 1 aliphatic carbocycles. The summed E-state index contributed by atoms with van der Waals surface area (Å²) in [6, 6.07) is 7.73. The van der Waals surface area contributed by atoms with Crippen molar-refractivity contribution in [1.29, 1.82) is 0 Å². The van der Waals surface area contributed by atoms with E-state index in [4.69, 9.17) is 10.5 Å². The van der Waals surface area contributed by atoms with Gasteiger partial charge in [-0.15, -0.1) is 0 Å². The Hall–Kier alpha value is -1.23. The number of hydrogen-bond donors (Lipinski definition) is 1. The SMILES string of the molecule is COc1ccc(CCC2(N)CCC(C(F)(F)F)CC2)cc1. The monoisotopic (exact) mass is 301 g/mol. The van der Waals surface area contributed by atoms with Gasteiger partial charge in [0.15, 0.2) is 0 Å². The molecule has 1 fully saturated rings. The number of aryl methyl sites for hydroxylation is 1.